The number of hydrogen-bond acceptors (Lipinski definition) is 3. The third-order valence-corrected chi connectivity index (χ3v) is 7.37. The summed E-state index contributed by atoms with van der Waals surface area (Å²) in [6.07, 6.45) is 12.7. The summed E-state index contributed by atoms with van der Waals surface area (Å²) in [4.78, 5) is 29.6. The molecule has 1 heterocycles. The van der Waals surface area contributed by atoms with Crippen LogP contribution in [0.5, 0.6) is 0 Å². The largest absolute Gasteiger partial charge is 0.326 e. The number of hydrogen-bond donors (Lipinski definition) is 2. The number of halogens is 4. The Morgan fingerprint density at radius 3 is 2.13 bits per heavy atom. The molecule has 2 aromatic rings. The molecule has 2 aromatic carbocycles. The third kappa shape index (κ3) is 9.33. The highest BCUT2D eigenvalue weighted by Crippen LogP contribution is 2.37. The minimum Gasteiger partial charge on any atom is -0.326 e. The Bertz CT molecular complexity index is 1130. The molecule has 2 amide bonds. The van der Waals surface area contributed by atoms with E-state index >= 15 is 0 Å². The molecule has 0 spiro atoms. The number of rotatable bonds is 14. The number of carbonyl (C=O) groups excluding carboxylic acids is 2. The first-order valence-electron chi connectivity index (χ1n) is 13.2. The van der Waals surface area contributed by atoms with Crippen molar-refractivity contribution in [1.29, 1.82) is 0 Å². The Kier molecular flexibility index (Phi) is 12.5. The molecule has 0 radical (unpaired) electrons. The predicted octanol–water partition coefficient (Wildman–Crippen LogP) is 9.52. The van der Waals surface area contributed by atoms with Crippen LogP contribution in [0.4, 0.5) is 17.1 Å². The van der Waals surface area contributed by atoms with Crippen molar-refractivity contribution in [3.05, 3.63) is 50.4 Å². The van der Waals surface area contributed by atoms with Gasteiger partial charge in [0.05, 0.1) is 27.2 Å². The van der Waals surface area contributed by atoms with E-state index in [-0.39, 0.29) is 28.3 Å². The number of nitrogens with one attached hydrogen (secondary N) is 2. The molecule has 0 aliphatic carbocycles. The molecule has 1 saturated heterocycles. The monoisotopic (exact) mass is 598 g/mol. The zero-order valence-electron chi connectivity index (χ0n) is 21.6. The van der Waals surface area contributed by atoms with Crippen molar-refractivity contribution < 1.29 is 9.59 Å². The van der Waals surface area contributed by atoms with Gasteiger partial charge in [-0.2, -0.15) is 0 Å². The van der Waals surface area contributed by atoms with Crippen molar-refractivity contribution in [2.45, 2.75) is 84.0 Å². The summed E-state index contributed by atoms with van der Waals surface area (Å²) in [5.74, 6) is 0.0395. The van der Waals surface area contributed by atoms with Gasteiger partial charge < -0.3 is 5.32 Å². The second kappa shape index (κ2) is 15.6. The smallest absolute Gasteiger partial charge is 0.253 e. The van der Waals surface area contributed by atoms with Gasteiger partial charge in [0.15, 0.2) is 0 Å². The highest BCUT2D eigenvalue weighted by atomic mass is 35.5. The number of amidine groups is 1. The Hall–Kier alpha value is -1.99. The summed E-state index contributed by atoms with van der Waals surface area (Å²) < 4.78 is 0. The molecule has 2 N–H and O–H groups in total. The summed E-state index contributed by atoms with van der Waals surface area (Å²) in [7, 11) is 0. The lowest BCUT2D eigenvalue weighted by Crippen LogP contribution is -2.36. The second-order valence-corrected chi connectivity index (χ2v) is 11.1. The summed E-state index contributed by atoms with van der Waals surface area (Å²) in [5, 5.41) is 5.37. The van der Waals surface area contributed by atoms with Crippen LogP contribution < -0.4 is 15.8 Å². The van der Waals surface area contributed by atoms with Crippen LogP contribution in [0.25, 0.3) is 0 Å². The zero-order valence-corrected chi connectivity index (χ0v) is 24.6. The van der Waals surface area contributed by atoms with Gasteiger partial charge in [-0.25, -0.2) is 10.0 Å². The van der Waals surface area contributed by atoms with E-state index in [1.165, 1.54) is 68.5 Å². The maximum absolute atomic E-state index is 12.6. The second-order valence-electron chi connectivity index (χ2n) is 9.44. The van der Waals surface area contributed by atoms with Gasteiger partial charge in [-0.1, -0.05) is 111 Å². The van der Waals surface area contributed by atoms with E-state index in [1.54, 1.807) is 18.2 Å². The fourth-order valence-electron chi connectivity index (χ4n) is 4.26. The number of hydrazine groups is 1. The van der Waals surface area contributed by atoms with Gasteiger partial charge >= 0.3 is 0 Å². The molecule has 0 unspecified atom stereocenters. The number of unbranched alkanes of at least 4 members (excludes halogenated alkanes) is 9. The number of nitrogens with zero attached hydrogens (tertiary/aromatic N) is 2. The molecule has 206 valence electrons. The summed E-state index contributed by atoms with van der Waals surface area (Å²) >= 11 is 24.9. The van der Waals surface area contributed by atoms with Crippen molar-refractivity contribution in [1.82, 2.24) is 5.43 Å². The maximum Gasteiger partial charge on any atom is 0.253 e. The van der Waals surface area contributed by atoms with E-state index in [9.17, 15) is 9.59 Å². The van der Waals surface area contributed by atoms with Crippen LogP contribution in [0.1, 0.15) is 84.0 Å². The van der Waals surface area contributed by atoms with Crippen molar-refractivity contribution in [3.8, 4) is 0 Å². The Labute approximate surface area is 245 Å². The van der Waals surface area contributed by atoms with Crippen LogP contribution in [-0.4, -0.2) is 17.6 Å². The van der Waals surface area contributed by atoms with Crippen LogP contribution in [0, 0.1) is 0 Å². The molecule has 1 aliphatic heterocycles. The average molecular weight is 600 g/mol. The lowest BCUT2D eigenvalue weighted by atomic mass is 10.1. The quantitative estimate of drug-likeness (QED) is 0.212. The SMILES string of the molecule is CCCCCCCCCCCCC(=O)Nc1ccc(Cl)c(N=C2CC(=O)N(c3c(Cl)cc(Cl)cc3Cl)N2)c1. The fraction of sp³-hybridized carbons (Fsp3) is 0.464. The molecular weight excluding hydrogens is 566 g/mol. The van der Waals surface area contributed by atoms with Gasteiger partial charge in [0, 0.05) is 17.1 Å². The molecule has 38 heavy (non-hydrogen) atoms. The van der Waals surface area contributed by atoms with E-state index in [4.69, 9.17) is 46.4 Å². The van der Waals surface area contributed by atoms with Crippen LogP contribution in [-0.2, 0) is 9.59 Å². The summed E-state index contributed by atoms with van der Waals surface area (Å²) in [5.41, 5.74) is 4.25. The highest BCUT2D eigenvalue weighted by Gasteiger charge is 2.30. The lowest BCUT2D eigenvalue weighted by Gasteiger charge is -2.19. The molecule has 0 aromatic heterocycles. The predicted molar refractivity (Wildman–Crippen MR) is 160 cm³/mol. The van der Waals surface area contributed by atoms with Gasteiger partial charge in [0.1, 0.15) is 11.5 Å². The highest BCUT2D eigenvalue weighted by molar-refractivity contribution is 6.42. The summed E-state index contributed by atoms with van der Waals surface area (Å²) in [6, 6.07) is 8.09. The summed E-state index contributed by atoms with van der Waals surface area (Å²) in [6.45, 7) is 2.23. The number of amides is 2. The number of aliphatic imine (C=N–C) groups is 1. The van der Waals surface area contributed by atoms with Crippen LogP contribution in [0.3, 0.4) is 0 Å². The van der Waals surface area contributed by atoms with E-state index in [1.807, 2.05) is 0 Å². The molecule has 0 saturated carbocycles. The third-order valence-electron chi connectivity index (χ3n) is 6.26. The lowest BCUT2D eigenvalue weighted by molar-refractivity contribution is -0.117. The molecule has 1 aliphatic rings. The molecule has 6 nitrogen and oxygen atoms in total. The van der Waals surface area contributed by atoms with Crippen molar-refractivity contribution >= 4 is 81.1 Å². The van der Waals surface area contributed by atoms with Gasteiger partial charge in [-0.15, -0.1) is 0 Å². The Morgan fingerprint density at radius 2 is 1.50 bits per heavy atom. The maximum atomic E-state index is 12.6. The van der Waals surface area contributed by atoms with Crippen LogP contribution in [0.2, 0.25) is 20.1 Å². The molecule has 0 atom stereocenters. The molecular formula is C28H34Cl4N4O2. The van der Waals surface area contributed by atoms with Gasteiger partial charge in [-0.3, -0.25) is 15.0 Å². The van der Waals surface area contributed by atoms with Gasteiger partial charge in [0.25, 0.3) is 5.91 Å². The minimum absolute atomic E-state index is 0.000932. The first-order chi connectivity index (χ1) is 18.3. The minimum atomic E-state index is -0.285. The Morgan fingerprint density at radius 1 is 0.895 bits per heavy atom. The zero-order chi connectivity index (χ0) is 27.5. The molecule has 10 heteroatoms. The first-order valence-corrected chi connectivity index (χ1v) is 14.7. The van der Waals surface area contributed by atoms with Gasteiger partial charge in [0.2, 0.25) is 5.91 Å². The van der Waals surface area contributed by atoms with E-state index in [0.29, 0.717) is 39.4 Å². The number of anilines is 2. The van der Waals surface area contributed by atoms with Gasteiger partial charge in [-0.05, 0) is 36.8 Å². The molecule has 1 fully saturated rings. The topological polar surface area (TPSA) is 73.8 Å². The number of carbonyl (C=O) groups is 2. The van der Waals surface area contributed by atoms with Crippen molar-refractivity contribution in [3.63, 3.8) is 0 Å². The van der Waals surface area contributed by atoms with Crippen molar-refractivity contribution in [2.24, 2.45) is 4.99 Å². The Balaban J connectivity index is 1.50. The molecule has 3 rings (SSSR count). The van der Waals surface area contributed by atoms with Crippen LogP contribution >= 0.6 is 46.4 Å². The normalized spacial score (nSPS) is 14.3. The van der Waals surface area contributed by atoms with Crippen LogP contribution in [0.15, 0.2) is 35.3 Å². The fourth-order valence-corrected chi connectivity index (χ4v) is 5.41. The number of benzene rings is 2. The standard InChI is InChI=1S/C28H34Cl4N4O2/c1-2-3-4-5-6-7-8-9-10-11-12-26(37)33-20-13-14-21(30)24(17-20)34-25-18-27(38)36(35-25)28-22(31)15-19(29)16-23(28)32/h13-17H,2-12,18H2,1H3,(H,33,37)(H,34,35). The van der Waals surface area contributed by atoms with E-state index in [2.05, 4.69) is 22.7 Å². The van der Waals surface area contributed by atoms with Crippen molar-refractivity contribution in [2.75, 3.05) is 10.3 Å². The molecule has 0 bridgehead atoms. The first kappa shape index (κ1) is 30.6. The van der Waals surface area contributed by atoms with E-state index < -0.39 is 0 Å². The van der Waals surface area contributed by atoms with E-state index in [0.717, 1.165) is 12.8 Å². The average Bonchev–Trinajstić information content (AvgIpc) is 3.21.